The minimum Gasteiger partial charge on any atom is -0.392 e. The Balaban J connectivity index is 3.13. The summed E-state index contributed by atoms with van der Waals surface area (Å²) in [5.74, 6) is 0. The van der Waals surface area contributed by atoms with Gasteiger partial charge in [0.25, 0.3) is 0 Å². The second-order valence-corrected chi connectivity index (χ2v) is 8.11. The Morgan fingerprint density at radius 1 is 1.26 bits per heavy atom. The Kier molecular flexibility index (Phi) is 4.76. The number of benzene rings is 1. The lowest BCUT2D eigenvalue weighted by Gasteiger charge is -2.26. The second kappa shape index (κ2) is 5.61. The Hall–Kier alpha value is -0.910. The van der Waals surface area contributed by atoms with Crippen LogP contribution in [0.3, 0.4) is 0 Å². The van der Waals surface area contributed by atoms with E-state index in [2.05, 4.69) is 0 Å². The van der Waals surface area contributed by atoms with Crippen LogP contribution < -0.4 is 0 Å². The van der Waals surface area contributed by atoms with Gasteiger partial charge in [0, 0.05) is 13.6 Å². The first-order valence-electron chi connectivity index (χ1n) is 6.24. The van der Waals surface area contributed by atoms with Gasteiger partial charge in [0.2, 0.25) is 10.0 Å². The van der Waals surface area contributed by atoms with E-state index in [0.717, 1.165) is 5.56 Å². The van der Waals surface area contributed by atoms with Gasteiger partial charge < -0.3 is 5.11 Å². The molecule has 19 heavy (non-hydrogen) atoms. The third kappa shape index (κ3) is 4.03. The van der Waals surface area contributed by atoms with E-state index in [1.165, 1.54) is 4.31 Å². The Labute approximate surface area is 116 Å². The van der Waals surface area contributed by atoms with Crippen molar-refractivity contribution in [2.24, 2.45) is 5.41 Å². The van der Waals surface area contributed by atoms with Crippen LogP contribution in [-0.4, -0.2) is 31.4 Å². The van der Waals surface area contributed by atoms with Crippen molar-refractivity contribution in [3.63, 3.8) is 0 Å². The highest BCUT2D eigenvalue weighted by Gasteiger charge is 2.25. The summed E-state index contributed by atoms with van der Waals surface area (Å²) < 4.78 is 26.2. The first kappa shape index (κ1) is 16.1. The number of hydrogen-bond acceptors (Lipinski definition) is 3. The van der Waals surface area contributed by atoms with E-state index in [1.54, 1.807) is 25.2 Å². The highest BCUT2D eigenvalue weighted by atomic mass is 32.2. The molecule has 0 aliphatic heterocycles. The molecule has 0 heterocycles. The fourth-order valence-corrected chi connectivity index (χ4v) is 3.36. The van der Waals surface area contributed by atoms with Crippen LogP contribution in [0.25, 0.3) is 0 Å². The number of aliphatic hydroxyl groups excluding tert-OH is 1. The number of nitrogens with zero attached hydrogens (tertiary/aromatic N) is 1. The molecule has 0 saturated carbocycles. The van der Waals surface area contributed by atoms with Crippen LogP contribution in [0.1, 0.15) is 31.9 Å². The molecule has 1 rings (SSSR count). The number of hydrogen-bond donors (Lipinski definition) is 1. The highest BCUT2D eigenvalue weighted by Crippen LogP contribution is 2.22. The normalized spacial score (nSPS) is 13.0. The molecular weight excluding hydrogens is 262 g/mol. The SMILES string of the molecule is Cc1ccc(S(=O)(=O)N(C)CC(C)(C)C)cc1CO. The van der Waals surface area contributed by atoms with E-state index in [4.69, 9.17) is 0 Å². The lowest BCUT2D eigenvalue weighted by molar-refractivity contribution is 0.280. The highest BCUT2D eigenvalue weighted by molar-refractivity contribution is 7.89. The number of aryl methyl sites for hydroxylation is 1. The first-order chi connectivity index (χ1) is 8.58. The summed E-state index contributed by atoms with van der Waals surface area (Å²) in [5.41, 5.74) is 1.43. The molecule has 0 fully saturated rings. The third-order valence-corrected chi connectivity index (χ3v) is 4.70. The molecule has 0 radical (unpaired) electrons. The maximum Gasteiger partial charge on any atom is 0.242 e. The van der Waals surface area contributed by atoms with Crippen molar-refractivity contribution < 1.29 is 13.5 Å². The molecule has 5 heteroatoms. The van der Waals surface area contributed by atoms with Crippen molar-refractivity contribution in [2.45, 2.75) is 39.2 Å². The summed E-state index contributed by atoms with van der Waals surface area (Å²) in [6.45, 7) is 8.12. The molecule has 0 aromatic heterocycles. The maximum absolute atomic E-state index is 12.4. The van der Waals surface area contributed by atoms with Gasteiger partial charge in [-0.25, -0.2) is 12.7 Å². The van der Waals surface area contributed by atoms with E-state index >= 15 is 0 Å². The predicted molar refractivity (Wildman–Crippen MR) is 76.4 cm³/mol. The first-order valence-corrected chi connectivity index (χ1v) is 7.68. The summed E-state index contributed by atoms with van der Waals surface area (Å²) in [4.78, 5) is 0.230. The smallest absolute Gasteiger partial charge is 0.242 e. The van der Waals surface area contributed by atoms with Crippen molar-refractivity contribution in [1.29, 1.82) is 0 Å². The molecule has 1 aromatic carbocycles. The minimum atomic E-state index is -3.50. The molecule has 0 aliphatic carbocycles. The molecule has 1 N–H and O–H groups in total. The van der Waals surface area contributed by atoms with Crippen molar-refractivity contribution >= 4 is 10.0 Å². The Morgan fingerprint density at radius 3 is 2.32 bits per heavy atom. The van der Waals surface area contributed by atoms with Crippen LogP contribution in [0.4, 0.5) is 0 Å². The molecule has 0 spiro atoms. The zero-order chi connectivity index (χ0) is 14.8. The molecular formula is C14H23NO3S. The largest absolute Gasteiger partial charge is 0.392 e. The monoisotopic (exact) mass is 285 g/mol. The fraction of sp³-hybridized carbons (Fsp3) is 0.571. The van der Waals surface area contributed by atoms with Crippen LogP contribution in [0, 0.1) is 12.3 Å². The van der Waals surface area contributed by atoms with E-state index in [1.807, 2.05) is 27.7 Å². The predicted octanol–water partition coefficient (Wildman–Crippen LogP) is 2.15. The van der Waals surface area contributed by atoms with Gasteiger partial charge in [-0.15, -0.1) is 0 Å². The quantitative estimate of drug-likeness (QED) is 0.922. The van der Waals surface area contributed by atoms with Crippen LogP contribution in [0.5, 0.6) is 0 Å². The van der Waals surface area contributed by atoms with E-state index < -0.39 is 10.0 Å². The van der Waals surface area contributed by atoms with Gasteiger partial charge in [-0.05, 0) is 35.6 Å². The van der Waals surface area contributed by atoms with Crippen molar-refractivity contribution in [1.82, 2.24) is 4.31 Å². The summed E-state index contributed by atoms with van der Waals surface area (Å²) in [5, 5.41) is 9.23. The average Bonchev–Trinajstić information content (AvgIpc) is 2.27. The van der Waals surface area contributed by atoms with Gasteiger partial charge in [0.05, 0.1) is 11.5 Å². The van der Waals surface area contributed by atoms with E-state index in [9.17, 15) is 13.5 Å². The zero-order valence-corrected chi connectivity index (χ0v) is 13.1. The zero-order valence-electron chi connectivity index (χ0n) is 12.3. The molecule has 0 amide bonds. The third-order valence-electron chi connectivity index (χ3n) is 2.90. The Morgan fingerprint density at radius 2 is 1.84 bits per heavy atom. The lowest BCUT2D eigenvalue weighted by atomic mass is 9.97. The molecule has 0 atom stereocenters. The van der Waals surface area contributed by atoms with E-state index in [-0.39, 0.29) is 16.9 Å². The van der Waals surface area contributed by atoms with Gasteiger partial charge in [-0.1, -0.05) is 26.8 Å². The van der Waals surface area contributed by atoms with Crippen molar-refractivity contribution in [3.05, 3.63) is 29.3 Å². The van der Waals surface area contributed by atoms with Gasteiger partial charge in [0.15, 0.2) is 0 Å². The molecule has 0 saturated heterocycles. The van der Waals surface area contributed by atoms with Gasteiger partial charge in [0.1, 0.15) is 0 Å². The van der Waals surface area contributed by atoms with E-state index in [0.29, 0.717) is 12.1 Å². The molecule has 1 aromatic rings. The van der Waals surface area contributed by atoms with Gasteiger partial charge in [-0.2, -0.15) is 0 Å². The maximum atomic E-state index is 12.4. The number of sulfonamides is 1. The number of aliphatic hydroxyl groups is 1. The standard InChI is InChI=1S/C14H23NO3S/c1-11-6-7-13(8-12(11)9-16)19(17,18)15(5)10-14(2,3)4/h6-8,16H,9-10H2,1-5H3. The summed E-state index contributed by atoms with van der Waals surface area (Å²) in [6.07, 6.45) is 0. The molecule has 4 nitrogen and oxygen atoms in total. The Bertz CT molecular complexity index is 544. The molecule has 0 unspecified atom stereocenters. The number of rotatable bonds is 4. The lowest BCUT2D eigenvalue weighted by Crippen LogP contribution is -2.34. The van der Waals surface area contributed by atoms with Crippen LogP contribution in [0.15, 0.2) is 23.1 Å². The summed E-state index contributed by atoms with van der Waals surface area (Å²) in [7, 11) is -1.92. The topological polar surface area (TPSA) is 57.6 Å². The van der Waals surface area contributed by atoms with Crippen molar-refractivity contribution in [3.8, 4) is 0 Å². The van der Waals surface area contributed by atoms with Crippen LogP contribution in [0.2, 0.25) is 0 Å². The summed E-state index contributed by atoms with van der Waals surface area (Å²) >= 11 is 0. The van der Waals surface area contributed by atoms with Gasteiger partial charge >= 0.3 is 0 Å². The molecule has 0 aliphatic rings. The van der Waals surface area contributed by atoms with Crippen molar-refractivity contribution in [2.75, 3.05) is 13.6 Å². The summed E-state index contributed by atoms with van der Waals surface area (Å²) in [6, 6.07) is 4.86. The minimum absolute atomic E-state index is 0.105. The van der Waals surface area contributed by atoms with Crippen LogP contribution >= 0.6 is 0 Å². The second-order valence-electron chi connectivity index (χ2n) is 6.07. The van der Waals surface area contributed by atoms with Gasteiger partial charge in [-0.3, -0.25) is 0 Å². The van der Waals surface area contributed by atoms with Crippen LogP contribution in [-0.2, 0) is 16.6 Å². The molecule has 108 valence electrons. The molecule has 0 bridgehead atoms. The average molecular weight is 285 g/mol. The fourth-order valence-electron chi connectivity index (χ4n) is 1.91.